The van der Waals surface area contributed by atoms with Crippen molar-refractivity contribution >= 4 is 12.0 Å². The highest BCUT2D eigenvalue weighted by atomic mass is 16.5. The van der Waals surface area contributed by atoms with E-state index < -0.39 is 0 Å². The van der Waals surface area contributed by atoms with Crippen LogP contribution in [0.4, 0.5) is 4.79 Å². The third kappa shape index (κ3) is 5.12. The molecule has 0 saturated carbocycles. The molecule has 7 heteroatoms. The van der Waals surface area contributed by atoms with Gasteiger partial charge >= 0.3 is 12.0 Å². The quantitative estimate of drug-likeness (QED) is 0.621. The fraction of sp³-hybridized carbons (Fsp3) is 0.353. The van der Waals surface area contributed by atoms with E-state index in [4.69, 9.17) is 0 Å². The Morgan fingerprint density at radius 3 is 2.67 bits per heavy atom. The average Bonchev–Trinajstić information content (AvgIpc) is 3.12. The summed E-state index contributed by atoms with van der Waals surface area (Å²) in [4.78, 5) is 25.0. The maximum atomic E-state index is 12.0. The summed E-state index contributed by atoms with van der Waals surface area (Å²) >= 11 is 0. The van der Waals surface area contributed by atoms with Crippen molar-refractivity contribution in [2.45, 2.75) is 19.5 Å². The smallest absolute Gasteiger partial charge is 0.337 e. The Bertz CT molecular complexity index is 653. The second-order valence-corrected chi connectivity index (χ2v) is 5.40. The summed E-state index contributed by atoms with van der Waals surface area (Å²) in [7, 11) is 3.08. The number of hydrogen-bond donors (Lipinski definition) is 1. The van der Waals surface area contributed by atoms with Gasteiger partial charge in [-0.3, -0.25) is 4.68 Å². The molecule has 0 unspecified atom stereocenters. The topological polar surface area (TPSA) is 76.5 Å². The van der Waals surface area contributed by atoms with Crippen molar-refractivity contribution in [1.82, 2.24) is 20.0 Å². The molecule has 0 bridgehead atoms. The summed E-state index contributed by atoms with van der Waals surface area (Å²) in [6.07, 6.45) is 4.44. The molecular weight excluding hydrogens is 308 g/mol. The van der Waals surface area contributed by atoms with Gasteiger partial charge in [0.2, 0.25) is 0 Å². The molecule has 0 radical (unpaired) electrons. The largest absolute Gasteiger partial charge is 0.465 e. The molecule has 2 aromatic rings. The first kappa shape index (κ1) is 17.5. The molecule has 7 nitrogen and oxygen atoms in total. The molecule has 128 valence electrons. The molecular formula is C17H22N4O3. The van der Waals surface area contributed by atoms with Crippen molar-refractivity contribution in [3.63, 3.8) is 0 Å². The van der Waals surface area contributed by atoms with E-state index in [-0.39, 0.29) is 12.0 Å². The van der Waals surface area contributed by atoms with Crippen LogP contribution in [0.25, 0.3) is 0 Å². The molecule has 1 N–H and O–H groups in total. The Hall–Kier alpha value is -2.83. The Balaban J connectivity index is 1.73. The number of esters is 1. The first-order valence-electron chi connectivity index (χ1n) is 7.74. The van der Waals surface area contributed by atoms with Gasteiger partial charge < -0.3 is 15.0 Å². The van der Waals surface area contributed by atoms with Crippen LogP contribution in [0.1, 0.15) is 22.3 Å². The van der Waals surface area contributed by atoms with Crippen LogP contribution < -0.4 is 5.32 Å². The number of carbonyl (C=O) groups is 2. The zero-order valence-electron chi connectivity index (χ0n) is 13.9. The average molecular weight is 330 g/mol. The lowest BCUT2D eigenvalue weighted by molar-refractivity contribution is 0.0600. The Kier molecular flexibility index (Phi) is 6.36. The molecule has 0 aliphatic heterocycles. The zero-order chi connectivity index (χ0) is 17.4. The fourth-order valence-electron chi connectivity index (χ4n) is 2.21. The lowest BCUT2D eigenvalue weighted by atomic mass is 10.1. The molecule has 0 aliphatic rings. The fourth-order valence-corrected chi connectivity index (χ4v) is 2.21. The molecule has 0 aliphatic carbocycles. The number of benzene rings is 1. The third-order valence-electron chi connectivity index (χ3n) is 3.54. The van der Waals surface area contributed by atoms with E-state index in [0.717, 1.165) is 18.5 Å². The van der Waals surface area contributed by atoms with Gasteiger partial charge in [0, 0.05) is 39.1 Å². The Morgan fingerprint density at radius 1 is 1.29 bits per heavy atom. The first-order chi connectivity index (χ1) is 11.6. The van der Waals surface area contributed by atoms with Crippen molar-refractivity contribution < 1.29 is 14.3 Å². The normalized spacial score (nSPS) is 10.2. The summed E-state index contributed by atoms with van der Waals surface area (Å²) in [6, 6.07) is 8.75. The summed E-state index contributed by atoms with van der Waals surface area (Å²) in [5, 5.41) is 6.99. The number of aryl methyl sites for hydroxylation is 1. The van der Waals surface area contributed by atoms with Crippen LogP contribution in [0.2, 0.25) is 0 Å². The number of urea groups is 1. The predicted octanol–water partition coefficient (Wildman–Crippen LogP) is 1.90. The molecule has 2 amide bonds. The third-order valence-corrected chi connectivity index (χ3v) is 3.54. The van der Waals surface area contributed by atoms with Crippen molar-refractivity contribution in [1.29, 1.82) is 0 Å². The van der Waals surface area contributed by atoms with E-state index in [9.17, 15) is 9.59 Å². The highest BCUT2D eigenvalue weighted by molar-refractivity contribution is 5.89. The molecule has 1 heterocycles. The molecule has 0 fully saturated rings. The lowest BCUT2D eigenvalue weighted by Crippen LogP contribution is -2.37. The minimum atomic E-state index is -0.371. The Labute approximate surface area is 141 Å². The molecule has 2 rings (SSSR count). The van der Waals surface area contributed by atoms with E-state index in [2.05, 4.69) is 15.2 Å². The predicted molar refractivity (Wildman–Crippen MR) is 89.5 cm³/mol. The van der Waals surface area contributed by atoms with Crippen LogP contribution >= 0.6 is 0 Å². The number of nitrogens with zero attached hydrogens (tertiary/aromatic N) is 3. The maximum absolute atomic E-state index is 12.0. The minimum absolute atomic E-state index is 0.132. The van der Waals surface area contributed by atoms with Gasteiger partial charge in [-0.1, -0.05) is 12.1 Å². The maximum Gasteiger partial charge on any atom is 0.337 e. The van der Waals surface area contributed by atoms with Crippen LogP contribution in [0, 0.1) is 0 Å². The second kappa shape index (κ2) is 8.71. The number of rotatable bonds is 7. The first-order valence-corrected chi connectivity index (χ1v) is 7.74. The SMILES string of the molecule is COC(=O)c1ccc(CN(C)C(=O)NCCCn2cccn2)cc1. The monoisotopic (exact) mass is 330 g/mol. The number of methoxy groups -OCH3 is 1. The molecule has 1 aromatic heterocycles. The van der Waals surface area contributed by atoms with E-state index in [1.807, 2.05) is 29.1 Å². The molecule has 0 spiro atoms. The van der Waals surface area contributed by atoms with Gasteiger partial charge in [-0.25, -0.2) is 9.59 Å². The number of aromatic nitrogens is 2. The minimum Gasteiger partial charge on any atom is -0.465 e. The molecule has 0 saturated heterocycles. The van der Waals surface area contributed by atoms with Crippen molar-refractivity contribution in [3.8, 4) is 0 Å². The second-order valence-electron chi connectivity index (χ2n) is 5.40. The van der Waals surface area contributed by atoms with Gasteiger partial charge in [-0.15, -0.1) is 0 Å². The van der Waals surface area contributed by atoms with Gasteiger partial charge in [0.05, 0.1) is 12.7 Å². The summed E-state index contributed by atoms with van der Waals surface area (Å²) in [5.74, 6) is -0.371. The lowest BCUT2D eigenvalue weighted by Gasteiger charge is -2.18. The zero-order valence-corrected chi connectivity index (χ0v) is 13.9. The summed E-state index contributed by atoms with van der Waals surface area (Å²) in [5.41, 5.74) is 1.43. The number of hydrogen-bond acceptors (Lipinski definition) is 4. The highest BCUT2D eigenvalue weighted by Crippen LogP contribution is 2.08. The Morgan fingerprint density at radius 2 is 2.04 bits per heavy atom. The molecule has 24 heavy (non-hydrogen) atoms. The van der Waals surface area contributed by atoms with Crippen LogP contribution in [0.15, 0.2) is 42.7 Å². The van der Waals surface area contributed by atoms with Gasteiger partial charge in [0.25, 0.3) is 0 Å². The van der Waals surface area contributed by atoms with Crippen LogP contribution in [-0.2, 0) is 17.8 Å². The van der Waals surface area contributed by atoms with Crippen molar-refractivity contribution in [2.75, 3.05) is 20.7 Å². The van der Waals surface area contributed by atoms with E-state index in [0.29, 0.717) is 18.7 Å². The van der Waals surface area contributed by atoms with Crippen molar-refractivity contribution in [2.24, 2.45) is 0 Å². The number of amides is 2. The van der Waals surface area contributed by atoms with Crippen LogP contribution in [0.5, 0.6) is 0 Å². The van der Waals surface area contributed by atoms with Gasteiger partial charge in [-0.05, 0) is 30.2 Å². The van der Waals surface area contributed by atoms with Gasteiger partial charge in [0.15, 0.2) is 0 Å². The summed E-state index contributed by atoms with van der Waals surface area (Å²) in [6.45, 7) is 1.82. The van der Waals surface area contributed by atoms with Crippen LogP contribution in [-0.4, -0.2) is 47.4 Å². The van der Waals surface area contributed by atoms with Crippen molar-refractivity contribution in [3.05, 3.63) is 53.9 Å². The summed E-state index contributed by atoms with van der Waals surface area (Å²) < 4.78 is 6.49. The van der Waals surface area contributed by atoms with Gasteiger partial charge in [-0.2, -0.15) is 5.10 Å². The molecule has 0 atom stereocenters. The van der Waals surface area contributed by atoms with E-state index >= 15 is 0 Å². The van der Waals surface area contributed by atoms with Gasteiger partial charge in [0.1, 0.15) is 0 Å². The number of nitrogens with one attached hydrogen (secondary N) is 1. The van der Waals surface area contributed by atoms with E-state index in [1.165, 1.54) is 7.11 Å². The standard InChI is InChI=1S/C17H22N4O3/c1-20(13-14-5-7-15(8-6-14)16(22)24-2)17(23)18-9-3-11-21-12-4-10-19-21/h4-8,10,12H,3,9,11,13H2,1-2H3,(H,18,23). The van der Waals surface area contributed by atoms with Crippen LogP contribution in [0.3, 0.4) is 0 Å². The number of carbonyl (C=O) groups excluding carboxylic acids is 2. The molecule has 1 aromatic carbocycles. The van der Waals surface area contributed by atoms with E-state index in [1.54, 1.807) is 30.3 Å². The highest BCUT2D eigenvalue weighted by Gasteiger charge is 2.09. The number of ether oxygens (including phenoxy) is 1.